The average molecular weight is 422 g/mol. The number of anilines is 1. The fourth-order valence-corrected chi connectivity index (χ4v) is 5.52. The predicted molar refractivity (Wildman–Crippen MR) is 117 cm³/mol. The molecule has 1 amide bonds. The zero-order valence-electron chi connectivity index (χ0n) is 17.9. The van der Waals surface area contributed by atoms with Crippen molar-refractivity contribution in [3.8, 4) is 0 Å². The molecule has 2 heterocycles. The van der Waals surface area contributed by atoms with Crippen molar-refractivity contribution in [2.75, 3.05) is 36.8 Å². The quantitative estimate of drug-likeness (QED) is 0.766. The maximum absolute atomic E-state index is 12.7. The van der Waals surface area contributed by atoms with Gasteiger partial charge in [0, 0.05) is 37.8 Å². The van der Waals surface area contributed by atoms with E-state index in [-0.39, 0.29) is 23.6 Å². The van der Waals surface area contributed by atoms with Crippen LogP contribution in [0.5, 0.6) is 0 Å². The Labute approximate surface area is 175 Å². The van der Waals surface area contributed by atoms with Gasteiger partial charge in [0.05, 0.1) is 11.8 Å². The molecule has 0 spiro atoms. The number of nitrogens with zero attached hydrogens (tertiary/aromatic N) is 2. The lowest BCUT2D eigenvalue weighted by atomic mass is 9.96. The van der Waals surface area contributed by atoms with Crippen molar-refractivity contribution in [1.82, 2.24) is 9.62 Å². The molecule has 2 saturated heterocycles. The Balaban J connectivity index is 1.52. The van der Waals surface area contributed by atoms with Crippen LogP contribution in [-0.2, 0) is 14.8 Å². The minimum Gasteiger partial charge on any atom is -0.371 e. The molecule has 7 heteroatoms. The minimum absolute atomic E-state index is 0.0278. The van der Waals surface area contributed by atoms with Crippen LogP contribution >= 0.6 is 0 Å². The summed E-state index contributed by atoms with van der Waals surface area (Å²) in [4.78, 5) is 15.1. The van der Waals surface area contributed by atoms with Crippen LogP contribution in [0.1, 0.15) is 58.1 Å². The van der Waals surface area contributed by atoms with Gasteiger partial charge in [0.1, 0.15) is 0 Å². The molecule has 162 valence electrons. The van der Waals surface area contributed by atoms with Gasteiger partial charge in [-0.1, -0.05) is 19.1 Å². The number of hydrogen-bond acceptors (Lipinski definition) is 4. The number of rotatable bonds is 6. The van der Waals surface area contributed by atoms with Crippen LogP contribution in [0.15, 0.2) is 24.3 Å². The Morgan fingerprint density at radius 3 is 2.38 bits per heavy atom. The molecule has 6 nitrogen and oxygen atoms in total. The number of hydrogen-bond donors (Lipinski definition) is 1. The highest BCUT2D eigenvalue weighted by Gasteiger charge is 2.30. The summed E-state index contributed by atoms with van der Waals surface area (Å²) in [5, 5.41) is 3.12. The van der Waals surface area contributed by atoms with Gasteiger partial charge in [0.25, 0.3) is 0 Å². The molecule has 2 atom stereocenters. The number of nitrogens with one attached hydrogen (secondary N) is 1. The maximum Gasteiger partial charge on any atom is 0.223 e. The highest BCUT2D eigenvalue weighted by molar-refractivity contribution is 7.89. The van der Waals surface area contributed by atoms with Crippen molar-refractivity contribution in [2.24, 2.45) is 11.8 Å². The van der Waals surface area contributed by atoms with E-state index >= 15 is 0 Å². The van der Waals surface area contributed by atoms with Gasteiger partial charge >= 0.3 is 0 Å². The Bertz CT molecular complexity index is 786. The van der Waals surface area contributed by atoms with Crippen molar-refractivity contribution in [3.63, 3.8) is 0 Å². The second-order valence-corrected chi connectivity index (χ2v) is 10.8. The molecule has 2 aliphatic rings. The monoisotopic (exact) mass is 421 g/mol. The summed E-state index contributed by atoms with van der Waals surface area (Å²) in [6, 6.07) is 8.47. The third-order valence-corrected chi connectivity index (χ3v) is 8.24. The first-order valence-corrected chi connectivity index (χ1v) is 12.5. The van der Waals surface area contributed by atoms with Crippen molar-refractivity contribution < 1.29 is 13.2 Å². The molecule has 1 N–H and O–H groups in total. The molecule has 1 aromatic carbocycles. The molecule has 2 fully saturated rings. The van der Waals surface area contributed by atoms with E-state index < -0.39 is 10.0 Å². The highest BCUT2D eigenvalue weighted by Crippen LogP contribution is 2.25. The van der Waals surface area contributed by atoms with E-state index in [1.807, 2.05) is 6.92 Å². The molecule has 1 aromatic rings. The zero-order valence-corrected chi connectivity index (χ0v) is 18.7. The lowest BCUT2D eigenvalue weighted by Gasteiger charge is -2.33. The van der Waals surface area contributed by atoms with E-state index in [0.29, 0.717) is 25.9 Å². The summed E-state index contributed by atoms with van der Waals surface area (Å²) in [6.07, 6.45) is 3.72. The second-order valence-electron chi connectivity index (χ2n) is 8.59. The molecule has 2 aliphatic heterocycles. The lowest BCUT2D eigenvalue weighted by molar-refractivity contribution is -0.126. The topological polar surface area (TPSA) is 69.7 Å². The van der Waals surface area contributed by atoms with Gasteiger partial charge < -0.3 is 10.2 Å². The maximum atomic E-state index is 12.7. The van der Waals surface area contributed by atoms with Gasteiger partial charge in [0.15, 0.2) is 0 Å². The molecule has 3 rings (SSSR count). The van der Waals surface area contributed by atoms with E-state index in [1.165, 1.54) is 22.8 Å². The van der Waals surface area contributed by atoms with E-state index in [2.05, 4.69) is 41.4 Å². The van der Waals surface area contributed by atoms with Gasteiger partial charge in [-0.2, -0.15) is 0 Å². The third-order valence-electron chi connectivity index (χ3n) is 6.36. The van der Waals surface area contributed by atoms with Crippen LogP contribution in [0.2, 0.25) is 0 Å². The minimum atomic E-state index is -3.16. The van der Waals surface area contributed by atoms with Crippen LogP contribution in [-0.4, -0.2) is 50.6 Å². The summed E-state index contributed by atoms with van der Waals surface area (Å²) in [5.74, 6) is 0.767. The number of piperidine rings is 2. The largest absolute Gasteiger partial charge is 0.371 e. The Kier molecular flexibility index (Phi) is 7.22. The average Bonchev–Trinajstić information content (AvgIpc) is 2.74. The SMILES string of the molecule is CCS(=O)(=O)N1CCC(C(=O)N[C@@H](C)c2ccc(N3CCC[C@@H](C)C3)cc2)CC1. The Morgan fingerprint density at radius 2 is 1.79 bits per heavy atom. The number of carbonyl (C=O) groups excluding carboxylic acids is 1. The van der Waals surface area contributed by atoms with Crippen LogP contribution in [0.3, 0.4) is 0 Å². The fraction of sp³-hybridized carbons (Fsp3) is 0.682. The summed E-state index contributed by atoms with van der Waals surface area (Å²) in [6.45, 7) is 9.07. The summed E-state index contributed by atoms with van der Waals surface area (Å²) >= 11 is 0. The third kappa shape index (κ3) is 5.51. The van der Waals surface area contributed by atoms with Crippen LogP contribution in [0.25, 0.3) is 0 Å². The van der Waals surface area contributed by atoms with Crippen molar-refractivity contribution in [2.45, 2.75) is 52.5 Å². The Hall–Kier alpha value is -1.60. The highest BCUT2D eigenvalue weighted by atomic mass is 32.2. The van der Waals surface area contributed by atoms with Crippen molar-refractivity contribution >= 4 is 21.6 Å². The predicted octanol–water partition coefficient (Wildman–Crippen LogP) is 3.16. The first-order valence-electron chi connectivity index (χ1n) is 10.9. The number of benzene rings is 1. The summed E-state index contributed by atoms with van der Waals surface area (Å²) < 4.78 is 25.5. The fourth-order valence-electron chi connectivity index (χ4n) is 4.39. The smallest absolute Gasteiger partial charge is 0.223 e. The van der Waals surface area contributed by atoms with E-state index in [4.69, 9.17) is 0 Å². The molecule has 0 radical (unpaired) electrons. The molecular weight excluding hydrogens is 386 g/mol. The normalized spacial score (nSPS) is 23.0. The number of carbonyl (C=O) groups is 1. The molecule has 0 bridgehead atoms. The summed E-state index contributed by atoms with van der Waals surface area (Å²) in [7, 11) is -3.16. The second kappa shape index (κ2) is 9.47. The molecule has 0 aliphatic carbocycles. The Morgan fingerprint density at radius 1 is 1.14 bits per heavy atom. The lowest BCUT2D eigenvalue weighted by Crippen LogP contribution is -2.43. The van der Waals surface area contributed by atoms with Gasteiger partial charge in [-0.3, -0.25) is 4.79 Å². The van der Waals surface area contributed by atoms with Gasteiger partial charge in [-0.05, 0) is 63.1 Å². The number of amides is 1. The molecule has 29 heavy (non-hydrogen) atoms. The van der Waals surface area contributed by atoms with Gasteiger partial charge in [0.2, 0.25) is 15.9 Å². The molecular formula is C22H35N3O3S. The first kappa shape index (κ1) is 22.1. The molecule has 0 aromatic heterocycles. The summed E-state index contributed by atoms with van der Waals surface area (Å²) in [5.41, 5.74) is 2.35. The van der Waals surface area contributed by atoms with Gasteiger partial charge in [-0.15, -0.1) is 0 Å². The van der Waals surface area contributed by atoms with Crippen molar-refractivity contribution in [1.29, 1.82) is 0 Å². The standard InChI is InChI=1S/C22H35N3O3S/c1-4-29(27,28)25-14-11-20(12-15-25)22(26)23-18(3)19-7-9-21(10-8-19)24-13-5-6-17(2)16-24/h7-10,17-18,20H,4-6,11-16H2,1-3H3,(H,23,26)/t17-,18+/m1/s1. The number of sulfonamides is 1. The van der Waals surface area contributed by atoms with E-state index in [0.717, 1.165) is 24.6 Å². The van der Waals surface area contributed by atoms with Crippen molar-refractivity contribution in [3.05, 3.63) is 29.8 Å². The van der Waals surface area contributed by atoms with Crippen LogP contribution in [0.4, 0.5) is 5.69 Å². The van der Waals surface area contributed by atoms with E-state index in [1.54, 1.807) is 6.92 Å². The van der Waals surface area contributed by atoms with E-state index in [9.17, 15) is 13.2 Å². The van der Waals surface area contributed by atoms with Gasteiger partial charge in [-0.25, -0.2) is 12.7 Å². The molecule has 0 unspecified atom stereocenters. The zero-order chi connectivity index (χ0) is 21.0. The first-order chi connectivity index (χ1) is 13.8. The van der Waals surface area contributed by atoms with Crippen LogP contribution in [0, 0.1) is 11.8 Å². The molecule has 0 saturated carbocycles. The van der Waals surface area contributed by atoms with Crippen LogP contribution < -0.4 is 10.2 Å².